The molecule has 1 saturated carbocycles. The van der Waals surface area contributed by atoms with Gasteiger partial charge in [-0.15, -0.1) is 0 Å². The van der Waals surface area contributed by atoms with Crippen LogP contribution in [0.25, 0.3) is 18.0 Å². The SMILES string of the molecule is CCCC1CCC(/C(F)=C(/F)c2ccc(/C=C/c3ccc(CC(C)c4ccccc4)cc3)cc2)CC1. The van der Waals surface area contributed by atoms with Gasteiger partial charge in [0, 0.05) is 11.5 Å². The Hall–Kier alpha value is -3.00. The van der Waals surface area contributed by atoms with E-state index in [2.05, 4.69) is 74.5 Å². The van der Waals surface area contributed by atoms with Gasteiger partial charge in [-0.05, 0) is 66.2 Å². The molecule has 0 aliphatic heterocycles. The Morgan fingerprint density at radius 2 is 1.39 bits per heavy atom. The second-order valence-corrected chi connectivity index (χ2v) is 10.4. The summed E-state index contributed by atoms with van der Waals surface area (Å²) in [6.45, 7) is 4.45. The quantitative estimate of drug-likeness (QED) is 0.265. The lowest BCUT2D eigenvalue weighted by molar-refractivity contribution is 0.261. The zero-order valence-electron chi connectivity index (χ0n) is 21.6. The second kappa shape index (κ2) is 12.8. The van der Waals surface area contributed by atoms with Gasteiger partial charge in [-0.25, -0.2) is 8.78 Å². The molecule has 0 N–H and O–H groups in total. The summed E-state index contributed by atoms with van der Waals surface area (Å²) in [5.41, 5.74) is 5.09. The molecule has 188 valence electrons. The average molecular weight is 485 g/mol. The number of hydrogen-bond donors (Lipinski definition) is 0. The molecular weight excluding hydrogens is 446 g/mol. The molecule has 2 heteroatoms. The zero-order valence-corrected chi connectivity index (χ0v) is 21.6. The summed E-state index contributed by atoms with van der Waals surface area (Å²) >= 11 is 0. The van der Waals surface area contributed by atoms with Crippen LogP contribution in [0.5, 0.6) is 0 Å². The van der Waals surface area contributed by atoms with Gasteiger partial charge in [0.15, 0.2) is 5.83 Å². The molecular formula is C34H38F2. The summed E-state index contributed by atoms with van der Waals surface area (Å²) in [4.78, 5) is 0. The Kier molecular flexibility index (Phi) is 9.28. The standard InChI is InChI=1S/C34H38F2/c1-3-7-26-16-20-31(21-17-26)33(35)34(36)32-22-18-28(19-23-32)11-10-27-12-14-29(15-13-27)24-25(2)30-8-5-4-6-9-30/h4-6,8-15,18-19,22-23,25-26,31H,3,7,16-17,20-21,24H2,1-2H3/b11-10+,34-33-. The fourth-order valence-corrected chi connectivity index (χ4v) is 5.38. The van der Waals surface area contributed by atoms with Crippen molar-refractivity contribution < 1.29 is 8.78 Å². The maximum absolute atomic E-state index is 14.9. The van der Waals surface area contributed by atoms with E-state index in [1.54, 1.807) is 12.1 Å². The Morgan fingerprint density at radius 3 is 1.97 bits per heavy atom. The van der Waals surface area contributed by atoms with E-state index in [1.165, 1.54) is 24.0 Å². The average Bonchev–Trinajstić information content (AvgIpc) is 2.93. The van der Waals surface area contributed by atoms with Gasteiger partial charge in [0.2, 0.25) is 0 Å². The number of benzene rings is 3. The third kappa shape index (κ3) is 7.03. The van der Waals surface area contributed by atoms with Gasteiger partial charge >= 0.3 is 0 Å². The minimum Gasteiger partial charge on any atom is -0.208 e. The summed E-state index contributed by atoms with van der Waals surface area (Å²) in [5, 5.41) is 0. The number of hydrogen-bond acceptors (Lipinski definition) is 0. The normalized spacial score (nSPS) is 19.8. The van der Waals surface area contributed by atoms with Gasteiger partial charge in [-0.2, -0.15) is 0 Å². The largest absolute Gasteiger partial charge is 0.208 e. The van der Waals surface area contributed by atoms with Gasteiger partial charge in [0.25, 0.3) is 0 Å². The Balaban J connectivity index is 1.33. The van der Waals surface area contributed by atoms with E-state index in [0.717, 1.165) is 43.2 Å². The third-order valence-electron chi connectivity index (χ3n) is 7.63. The molecule has 0 amide bonds. The van der Waals surface area contributed by atoms with Gasteiger partial charge in [-0.3, -0.25) is 0 Å². The second-order valence-electron chi connectivity index (χ2n) is 10.4. The first-order chi connectivity index (χ1) is 17.5. The van der Waals surface area contributed by atoms with Crippen LogP contribution in [0.2, 0.25) is 0 Å². The summed E-state index contributed by atoms with van der Waals surface area (Å²) in [6, 6.07) is 26.3. The van der Waals surface area contributed by atoms with Gasteiger partial charge in [0.05, 0.1) is 0 Å². The number of halogens is 2. The molecule has 1 aliphatic rings. The minimum absolute atomic E-state index is 0.267. The molecule has 0 heterocycles. The fraction of sp³-hybridized carbons (Fsp3) is 0.353. The van der Waals surface area contributed by atoms with Crippen molar-refractivity contribution in [2.75, 3.05) is 0 Å². The summed E-state index contributed by atoms with van der Waals surface area (Å²) in [6.07, 6.45) is 11.0. The third-order valence-corrected chi connectivity index (χ3v) is 7.63. The van der Waals surface area contributed by atoms with Crippen molar-refractivity contribution in [3.05, 3.63) is 113 Å². The van der Waals surface area contributed by atoms with Gasteiger partial charge in [-0.1, -0.05) is 118 Å². The lowest BCUT2D eigenvalue weighted by Gasteiger charge is -2.27. The molecule has 0 spiro atoms. The van der Waals surface area contributed by atoms with E-state index in [0.29, 0.717) is 17.4 Å². The van der Waals surface area contributed by atoms with E-state index in [9.17, 15) is 8.78 Å². The van der Waals surface area contributed by atoms with Crippen LogP contribution in [-0.4, -0.2) is 0 Å². The Bertz CT molecular complexity index is 1130. The number of allylic oxidation sites excluding steroid dienone is 1. The molecule has 1 atom stereocenters. The highest BCUT2D eigenvalue weighted by Gasteiger charge is 2.26. The predicted octanol–water partition coefficient (Wildman–Crippen LogP) is 10.4. The van der Waals surface area contributed by atoms with E-state index in [-0.39, 0.29) is 5.92 Å². The monoisotopic (exact) mass is 484 g/mol. The molecule has 0 nitrogen and oxygen atoms in total. The van der Waals surface area contributed by atoms with Crippen molar-refractivity contribution in [1.29, 1.82) is 0 Å². The lowest BCUT2D eigenvalue weighted by atomic mass is 9.79. The molecule has 1 fully saturated rings. The van der Waals surface area contributed by atoms with Crippen LogP contribution in [0.4, 0.5) is 8.78 Å². The predicted molar refractivity (Wildman–Crippen MR) is 150 cm³/mol. The van der Waals surface area contributed by atoms with Crippen molar-refractivity contribution in [1.82, 2.24) is 0 Å². The summed E-state index contributed by atoms with van der Waals surface area (Å²) in [7, 11) is 0. The molecule has 36 heavy (non-hydrogen) atoms. The Labute approximate surface area is 215 Å². The van der Waals surface area contributed by atoms with Crippen molar-refractivity contribution >= 4 is 18.0 Å². The fourth-order valence-electron chi connectivity index (χ4n) is 5.38. The van der Waals surface area contributed by atoms with Crippen LogP contribution in [0.15, 0.2) is 84.7 Å². The maximum atomic E-state index is 14.9. The first kappa shape index (κ1) is 26.1. The van der Waals surface area contributed by atoms with E-state index < -0.39 is 11.7 Å². The summed E-state index contributed by atoms with van der Waals surface area (Å²) < 4.78 is 29.7. The first-order valence-electron chi connectivity index (χ1n) is 13.5. The molecule has 0 radical (unpaired) electrons. The maximum Gasteiger partial charge on any atom is 0.162 e. The molecule has 1 aliphatic carbocycles. The topological polar surface area (TPSA) is 0 Å². The molecule has 1 unspecified atom stereocenters. The van der Waals surface area contributed by atoms with Gasteiger partial charge < -0.3 is 0 Å². The van der Waals surface area contributed by atoms with Gasteiger partial charge in [0.1, 0.15) is 5.83 Å². The van der Waals surface area contributed by atoms with E-state index in [1.807, 2.05) is 18.2 Å². The number of rotatable bonds is 9. The smallest absolute Gasteiger partial charge is 0.162 e. The lowest BCUT2D eigenvalue weighted by Crippen LogP contribution is -2.15. The van der Waals surface area contributed by atoms with Crippen LogP contribution in [-0.2, 0) is 6.42 Å². The highest BCUT2D eigenvalue weighted by atomic mass is 19.2. The molecule has 0 saturated heterocycles. The van der Waals surface area contributed by atoms with Crippen molar-refractivity contribution in [2.24, 2.45) is 11.8 Å². The van der Waals surface area contributed by atoms with Crippen molar-refractivity contribution in [3.63, 3.8) is 0 Å². The minimum atomic E-state index is -0.690. The Morgan fingerprint density at radius 1 is 0.806 bits per heavy atom. The van der Waals surface area contributed by atoms with Crippen molar-refractivity contribution in [3.8, 4) is 0 Å². The molecule has 4 rings (SSSR count). The molecule has 0 bridgehead atoms. The van der Waals surface area contributed by atoms with Crippen LogP contribution in [0, 0.1) is 11.8 Å². The highest BCUT2D eigenvalue weighted by Crippen LogP contribution is 2.39. The van der Waals surface area contributed by atoms with E-state index >= 15 is 0 Å². The van der Waals surface area contributed by atoms with Crippen LogP contribution >= 0.6 is 0 Å². The highest BCUT2D eigenvalue weighted by molar-refractivity contribution is 5.71. The zero-order chi connectivity index (χ0) is 25.3. The van der Waals surface area contributed by atoms with E-state index in [4.69, 9.17) is 0 Å². The molecule has 0 aromatic heterocycles. The molecule has 3 aromatic carbocycles. The first-order valence-corrected chi connectivity index (χ1v) is 13.5. The van der Waals surface area contributed by atoms with Crippen LogP contribution < -0.4 is 0 Å². The van der Waals surface area contributed by atoms with Crippen LogP contribution in [0.1, 0.15) is 86.1 Å². The van der Waals surface area contributed by atoms with Crippen LogP contribution in [0.3, 0.4) is 0 Å². The van der Waals surface area contributed by atoms with Crippen molar-refractivity contribution in [2.45, 2.75) is 64.7 Å². The molecule has 3 aromatic rings. The summed E-state index contributed by atoms with van der Waals surface area (Å²) in [5.74, 6) is -0.361.